The van der Waals surface area contributed by atoms with Gasteiger partial charge in [-0.2, -0.15) is 0 Å². The van der Waals surface area contributed by atoms with Crippen molar-refractivity contribution in [1.82, 2.24) is 0 Å². The number of ether oxygens (including phenoxy) is 1. The summed E-state index contributed by atoms with van der Waals surface area (Å²) in [6.45, 7) is 4.48. The minimum atomic E-state index is -0.415. The van der Waals surface area contributed by atoms with Crippen LogP contribution < -0.4 is 4.74 Å². The summed E-state index contributed by atoms with van der Waals surface area (Å²) < 4.78 is 5.50. The van der Waals surface area contributed by atoms with Crippen LogP contribution >= 0.6 is 23.5 Å². The Bertz CT molecular complexity index is 792. The minimum absolute atomic E-state index is 0.0380. The van der Waals surface area contributed by atoms with Gasteiger partial charge >= 0.3 is 0 Å². The normalized spacial score (nSPS) is 24.5. The molecular formula is C24H32O2S2. The monoisotopic (exact) mass is 416 g/mol. The molecule has 2 aromatic rings. The predicted octanol–water partition coefficient (Wildman–Crippen LogP) is 6.60. The van der Waals surface area contributed by atoms with Gasteiger partial charge in [0.25, 0.3) is 0 Å². The van der Waals surface area contributed by atoms with Gasteiger partial charge in [0.2, 0.25) is 0 Å². The Morgan fingerprint density at radius 1 is 1.21 bits per heavy atom. The first-order valence-electron chi connectivity index (χ1n) is 10.2. The molecule has 0 saturated heterocycles. The van der Waals surface area contributed by atoms with E-state index in [2.05, 4.69) is 50.4 Å². The number of methoxy groups -OCH3 is 1. The molecule has 0 bridgehead atoms. The minimum Gasteiger partial charge on any atom is -0.497 e. The molecule has 0 saturated carbocycles. The molecule has 0 amide bonds. The van der Waals surface area contributed by atoms with Gasteiger partial charge in [0, 0.05) is 26.9 Å². The number of hydrogen-bond donors (Lipinski definition) is 1. The third-order valence-electron chi connectivity index (χ3n) is 6.20. The Hall–Kier alpha value is -1.10. The molecule has 0 aromatic heterocycles. The summed E-state index contributed by atoms with van der Waals surface area (Å²) in [5.74, 6) is 1.78. The summed E-state index contributed by atoms with van der Waals surface area (Å²) in [6, 6.07) is 15.0. The van der Waals surface area contributed by atoms with Gasteiger partial charge in [-0.25, -0.2) is 0 Å². The first-order valence-corrected chi connectivity index (χ1v) is 12.4. The molecule has 1 unspecified atom stereocenters. The standard InChI is InChI=1S/C24H32O2S2/c1-5-7-13-24(6-2)16-28-21-12-11-19(27-4)15-20(21)22(23(24)25)17-9-8-10-18(14-17)26-3/h8-12,14-15,22-23,25H,5-7,13,16H2,1-4H3/t22-,23?,24-/m1/s1. The zero-order chi connectivity index (χ0) is 20.1. The fraction of sp³-hybridized carbons (Fsp3) is 0.500. The van der Waals surface area contributed by atoms with Crippen LogP contribution in [0.5, 0.6) is 5.75 Å². The average molecular weight is 417 g/mol. The molecule has 4 heteroatoms. The zero-order valence-electron chi connectivity index (χ0n) is 17.4. The number of benzene rings is 2. The Kier molecular flexibility index (Phi) is 7.41. The highest BCUT2D eigenvalue weighted by Gasteiger charge is 2.44. The molecule has 0 fully saturated rings. The Morgan fingerprint density at radius 2 is 2.04 bits per heavy atom. The second-order valence-corrected chi connectivity index (χ2v) is 9.61. The van der Waals surface area contributed by atoms with Crippen molar-refractivity contribution in [1.29, 1.82) is 0 Å². The quantitative estimate of drug-likeness (QED) is 0.515. The number of thioether (sulfide) groups is 2. The van der Waals surface area contributed by atoms with Crippen LogP contribution in [0.15, 0.2) is 52.3 Å². The van der Waals surface area contributed by atoms with Gasteiger partial charge in [-0.1, -0.05) is 38.8 Å². The molecule has 28 heavy (non-hydrogen) atoms. The predicted molar refractivity (Wildman–Crippen MR) is 122 cm³/mol. The molecular weight excluding hydrogens is 384 g/mol. The van der Waals surface area contributed by atoms with Crippen LogP contribution in [-0.2, 0) is 0 Å². The van der Waals surface area contributed by atoms with E-state index in [0.29, 0.717) is 0 Å². The van der Waals surface area contributed by atoms with E-state index in [9.17, 15) is 5.11 Å². The van der Waals surface area contributed by atoms with Crippen molar-refractivity contribution >= 4 is 23.5 Å². The van der Waals surface area contributed by atoms with Gasteiger partial charge in [0.05, 0.1) is 13.2 Å². The maximum atomic E-state index is 11.9. The summed E-state index contributed by atoms with van der Waals surface area (Å²) in [6.07, 6.45) is 6.07. The lowest BCUT2D eigenvalue weighted by Gasteiger charge is -2.40. The molecule has 0 aliphatic carbocycles. The van der Waals surface area contributed by atoms with E-state index in [-0.39, 0.29) is 11.3 Å². The van der Waals surface area contributed by atoms with Crippen LogP contribution in [0, 0.1) is 5.41 Å². The number of unbranched alkanes of at least 4 members (excludes halogenated alkanes) is 1. The van der Waals surface area contributed by atoms with E-state index < -0.39 is 6.10 Å². The van der Waals surface area contributed by atoms with Crippen molar-refractivity contribution in [2.24, 2.45) is 5.41 Å². The summed E-state index contributed by atoms with van der Waals surface area (Å²) in [4.78, 5) is 2.55. The van der Waals surface area contributed by atoms with Crippen molar-refractivity contribution in [2.75, 3.05) is 19.1 Å². The zero-order valence-corrected chi connectivity index (χ0v) is 19.0. The summed E-state index contributed by atoms with van der Waals surface area (Å²) >= 11 is 3.68. The molecule has 2 nitrogen and oxygen atoms in total. The molecule has 1 aliphatic rings. The fourth-order valence-electron chi connectivity index (χ4n) is 4.29. The number of fused-ring (bicyclic) bond motifs is 1. The van der Waals surface area contributed by atoms with Gasteiger partial charge < -0.3 is 9.84 Å². The van der Waals surface area contributed by atoms with Crippen LogP contribution in [-0.4, -0.2) is 30.3 Å². The summed E-state index contributed by atoms with van der Waals surface area (Å²) in [7, 11) is 1.70. The van der Waals surface area contributed by atoms with Crippen molar-refractivity contribution in [2.45, 2.75) is 61.3 Å². The third kappa shape index (κ3) is 4.24. The SMILES string of the molecule is CCCC[C@]1(CC)CSc2ccc(SC)cc2[C@@H](c2cccc(OC)c2)C1O. The van der Waals surface area contributed by atoms with Crippen LogP contribution in [0.1, 0.15) is 56.6 Å². The Balaban J connectivity index is 2.16. The second kappa shape index (κ2) is 9.60. The van der Waals surface area contributed by atoms with Gasteiger partial charge in [-0.15, -0.1) is 23.5 Å². The van der Waals surface area contributed by atoms with Crippen LogP contribution in [0.25, 0.3) is 0 Å². The number of rotatable bonds is 7. The smallest absolute Gasteiger partial charge is 0.119 e. The Labute approximate surface area is 178 Å². The number of aliphatic hydroxyl groups excluding tert-OH is 1. The summed E-state index contributed by atoms with van der Waals surface area (Å²) in [5, 5.41) is 11.9. The van der Waals surface area contributed by atoms with E-state index in [1.807, 2.05) is 23.9 Å². The maximum Gasteiger partial charge on any atom is 0.119 e. The van der Waals surface area contributed by atoms with Crippen molar-refractivity contribution in [3.05, 3.63) is 53.6 Å². The van der Waals surface area contributed by atoms with Gasteiger partial charge in [0.15, 0.2) is 0 Å². The summed E-state index contributed by atoms with van der Waals surface area (Å²) in [5.41, 5.74) is 2.32. The van der Waals surface area contributed by atoms with E-state index in [1.165, 1.54) is 15.4 Å². The molecule has 2 aromatic carbocycles. The molecule has 0 spiro atoms. The maximum absolute atomic E-state index is 11.9. The highest BCUT2D eigenvalue weighted by Crippen LogP contribution is 2.51. The van der Waals surface area contributed by atoms with Gasteiger partial charge in [0.1, 0.15) is 5.75 Å². The van der Waals surface area contributed by atoms with Crippen LogP contribution in [0.2, 0.25) is 0 Å². The molecule has 0 radical (unpaired) electrons. The lowest BCUT2D eigenvalue weighted by molar-refractivity contribution is 0.0182. The largest absolute Gasteiger partial charge is 0.497 e. The van der Waals surface area contributed by atoms with Crippen molar-refractivity contribution in [3.8, 4) is 5.75 Å². The molecule has 1 aliphatic heterocycles. The molecule has 3 atom stereocenters. The van der Waals surface area contributed by atoms with E-state index in [1.54, 1.807) is 18.9 Å². The van der Waals surface area contributed by atoms with Gasteiger partial charge in [-0.05, 0) is 60.6 Å². The first-order chi connectivity index (χ1) is 13.6. The average Bonchev–Trinajstić information content (AvgIpc) is 2.86. The molecule has 1 heterocycles. The molecule has 152 valence electrons. The van der Waals surface area contributed by atoms with E-state index >= 15 is 0 Å². The lowest BCUT2D eigenvalue weighted by atomic mass is 9.69. The lowest BCUT2D eigenvalue weighted by Crippen LogP contribution is -2.40. The highest BCUT2D eigenvalue weighted by molar-refractivity contribution is 7.99. The van der Waals surface area contributed by atoms with E-state index in [4.69, 9.17) is 4.74 Å². The highest BCUT2D eigenvalue weighted by atomic mass is 32.2. The molecule has 1 N–H and O–H groups in total. The first kappa shape index (κ1) is 21.6. The molecule has 3 rings (SSSR count). The topological polar surface area (TPSA) is 29.5 Å². The van der Waals surface area contributed by atoms with Crippen molar-refractivity contribution in [3.63, 3.8) is 0 Å². The second-order valence-electron chi connectivity index (χ2n) is 7.71. The van der Waals surface area contributed by atoms with E-state index in [0.717, 1.165) is 42.7 Å². The Morgan fingerprint density at radius 3 is 2.71 bits per heavy atom. The third-order valence-corrected chi connectivity index (χ3v) is 8.32. The van der Waals surface area contributed by atoms with Crippen molar-refractivity contribution < 1.29 is 9.84 Å². The van der Waals surface area contributed by atoms with Gasteiger partial charge in [-0.3, -0.25) is 0 Å². The fourth-order valence-corrected chi connectivity index (χ4v) is 6.22. The number of aliphatic hydroxyl groups is 1. The number of hydrogen-bond acceptors (Lipinski definition) is 4. The van der Waals surface area contributed by atoms with Crippen LogP contribution in [0.4, 0.5) is 0 Å². The van der Waals surface area contributed by atoms with Crippen LogP contribution in [0.3, 0.4) is 0 Å².